The first kappa shape index (κ1) is 17.0. The van der Waals surface area contributed by atoms with Gasteiger partial charge in [0.1, 0.15) is 5.82 Å². The molecule has 0 atom stereocenters. The number of anilines is 2. The Hall–Kier alpha value is -1.89. The summed E-state index contributed by atoms with van der Waals surface area (Å²) in [6.45, 7) is 5.61. The Kier molecular flexibility index (Phi) is 5.50. The summed E-state index contributed by atoms with van der Waals surface area (Å²) in [7, 11) is 3.91. The molecule has 0 aromatic carbocycles. The lowest BCUT2D eigenvalue weighted by molar-refractivity contribution is -0.127. The normalized spacial score (nSPS) is 19.0. The van der Waals surface area contributed by atoms with Gasteiger partial charge in [-0.25, -0.2) is 4.98 Å². The molecule has 0 spiro atoms. The third-order valence-electron chi connectivity index (χ3n) is 4.93. The Bertz CT molecular complexity index is 552. The summed E-state index contributed by atoms with van der Waals surface area (Å²) in [4.78, 5) is 27.3. The molecular formula is C17H28N6O. The fraction of sp³-hybridized carbons (Fsp3) is 0.706. The van der Waals surface area contributed by atoms with Crippen LogP contribution in [0.25, 0.3) is 0 Å². The van der Waals surface area contributed by atoms with Crippen molar-refractivity contribution in [2.24, 2.45) is 5.92 Å². The van der Waals surface area contributed by atoms with Crippen molar-refractivity contribution in [2.45, 2.75) is 19.3 Å². The number of piperazine rings is 1. The van der Waals surface area contributed by atoms with Gasteiger partial charge in [0.05, 0.1) is 0 Å². The molecule has 1 saturated carbocycles. The summed E-state index contributed by atoms with van der Waals surface area (Å²) >= 11 is 0. The molecule has 2 heterocycles. The van der Waals surface area contributed by atoms with Crippen LogP contribution in [-0.4, -0.2) is 74.1 Å². The number of amides is 1. The summed E-state index contributed by atoms with van der Waals surface area (Å²) < 4.78 is 0. The van der Waals surface area contributed by atoms with E-state index in [1.807, 2.05) is 31.3 Å². The first-order valence-electron chi connectivity index (χ1n) is 8.89. The molecule has 1 aromatic rings. The topological polar surface area (TPSA) is 64.6 Å². The van der Waals surface area contributed by atoms with Gasteiger partial charge in [0.2, 0.25) is 11.9 Å². The molecule has 1 aliphatic carbocycles. The zero-order chi connectivity index (χ0) is 16.9. The van der Waals surface area contributed by atoms with Gasteiger partial charge in [-0.15, -0.1) is 0 Å². The number of nitrogens with zero attached hydrogens (tertiary/aromatic N) is 5. The second-order valence-corrected chi connectivity index (χ2v) is 6.86. The van der Waals surface area contributed by atoms with E-state index in [4.69, 9.17) is 0 Å². The van der Waals surface area contributed by atoms with Crippen LogP contribution >= 0.6 is 0 Å². The summed E-state index contributed by atoms with van der Waals surface area (Å²) in [5.41, 5.74) is 0. The van der Waals surface area contributed by atoms with Crippen molar-refractivity contribution in [2.75, 3.05) is 63.2 Å². The molecule has 0 bridgehead atoms. The quantitative estimate of drug-likeness (QED) is 0.822. The van der Waals surface area contributed by atoms with Crippen molar-refractivity contribution in [3.05, 3.63) is 12.3 Å². The molecular weight excluding hydrogens is 304 g/mol. The molecule has 7 heteroatoms. The first-order chi connectivity index (χ1) is 11.6. The Balaban J connectivity index is 1.40. The van der Waals surface area contributed by atoms with E-state index in [-0.39, 0.29) is 11.8 Å². The summed E-state index contributed by atoms with van der Waals surface area (Å²) in [5.74, 6) is 2.27. The van der Waals surface area contributed by atoms with Gasteiger partial charge in [-0.1, -0.05) is 6.42 Å². The van der Waals surface area contributed by atoms with Gasteiger partial charge in [0.25, 0.3) is 0 Å². The second kappa shape index (κ2) is 7.79. The molecule has 2 fully saturated rings. The van der Waals surface area contributed by atoms with Crippen LogP contribution in [0.15, 0.2) is 12.3 Å². The van der Waals surface area contributed by atoms with Gasteiger partial charge in [-0.2, -0.15) is 4.98 Å². The number of aromatic nitrogens is 2. The zero-order valence-electron chi connectivity index (χ0n) is 14.7. The molecule has 2 aliphatic rings. The van der Waals surface area contributed by atoms with Crippen LogP contribution in [0.1, 0.15) is 19.3 Å². The van der Waals surface area contributed by atoms with Gasteiger partial charge >= 0.3 is 0 Å². The average Bonchev–Trinajstić information content (AvgIpc) is 2.54. The fourth-order valence-electron chi connectivity index (χ4n) is 3.08. The van der Waals surface area contributed by atoms with Crippen LogP contribution in [0.3, 0.4) is 0 Å². The minimum atomic E-state index is 0.247. The maximum Gasteiger partial charge on any atom is 0.226 e. The van der Waals surface area contributed by atoms with E-state index >= 15 is 0 Å². The molecule has 0 unspecified atom stereocenters. The van der Waals surface area contributed by atoms with Crippen LogP contribution < -0.4 is 15.1 Å². The van der Waals surface area contributed by atoms with Crippen LogP contribution in [0, 0.1) is 5.92 Å². The van der Waals surface area contributed by atoms with Gasteiger partial charge in [0, 0.05) is 65.5 Å². The van der Waals surface area contributed by atoms with E-state index in [0.717, 1.165) is 63.9 Å². The summed E-state index contributed by atoms with van der Waals surface area (Å²) in [6.07, 6.45) is 5.16. The molecule has 24 heavy (non-hydrogen) atoms. The van der Waals surface area contributed by atoms with Gasteiger partial charge in [0.15, 0.2) is 0 Å². The fourth-order valence-corrected chi connectivity index (χ4v) is 3.08. The first-order valence-corrected chi connectivity index (χ1v) is 8.89. The van der Waals surface area contributed by atoms with Crippen molar-refractivity contribution >= 4 is 17.7 Å². The van der Waals surface area contributed by atoms with Crippen molar-refractivity contribution in [3.63, 3.8) is 0 Å². The highest BCUT2D eigenvalue weighted by atomic mass is 16.1. The molecule has 1 amide bonds. The average molecular weight is 332 g/mol. The molecule has 1 saturated heterocycles. The highest BCUT2D eigenvalue weighted by Crippen LogP contribution is 2.26. The Labute approximate surface area is 144 Å². The van der Waals surface area contributed by atoms with Crippen molar-refractivity contribution in [1.82, 2.24) is 20.2 Å². The van der Waals surface area contributed by atoms with Crippen LogP contribution in [0.4, 0.5) is 11.8 Å². The lowest BCUT2D eigenvalue weighted by atomic mass is 9.85. The Morgan fingerprint density at radius 1 is 1.29 bits per heavy atom. The van der Waals surface area contributed by atoms with Gasteiger partial charge in [-0.05, 0) is 18.9 Å². The Morgan fingerprint density at radius 2 is 2.04 bits per heavy atom. The number of carbonyl (C=O) groups excluding carboxylic acids is 1. The lowest BCUT2D eigenvalue weighted by Crippen LogP contribution is -2.49. The third kappa shape index (κ3) is 4.14. The number of nitrogens with one attached hydrogen (secondary N) is 1. The SMILES string of the molecule is CN(C)c1nccc(N2CCN(CCNC(=O)C3CCC3)CC2)n1. The largest absolute Gasteiger partial charge is 0.355 e. The number of carbonyl (C=O) groups is 1. The predicted octanol–water partition coefficient (Wildman–Crippen LogP) is 0.581. The molecule has 7 nitrogen and oxygen atoms in total. The van der Waals surface area contributed by atoms with Gasteiger partial charge < -0.3 is 15.1 Å². The molecule has 1 aliphatic heterocycles. The van der Waals surface area contributed by atoms with Crippen LogP contribution in [0.2, 0.25) is 0 Å². The van der Waals surface area contributed by atoms with E-state index in [2.05, 4.69) is 25.1 Å². The van der Waals surface area contributed by atoms with Crippen LogP contribution in [0.5, 0.6) is 0 Å². The van der Waals surface area contributed by atoms with Crippen molar-refractivity contribution < 1.29 is 4.79 Å². The minimum Gasteiger partial charge on any atom is -0.355 e. The molecule has 0 radical (unpaired) electrons. The smallest absolute Gasteiger partial charge is 0.226 e. The maximum atomic E-state index is 11.8. The minimum absolute atomic E-state index is 0.247. The van der Waals surface area contributed by atoms with Crippen molar-refractivity contribution in [3.8, 4) is 0 Å². The second-order valence-electron chi connectivity index (χ2n) is 6.86. The highest BCUT2D eigenvalue weighted by molar-refractivity contribution is 5.79. The zero-order valence-corrected chi connectivity index (χ0v) is 14.7. The summed E-state index contributed by atoms with van der Waals surface area (Å²) in [5, 5.41) is 3.07. The summed E-state index contributed by atoms with van der Waals surface area (Å²) in [6, 6.07) is 1.97. The van der Waals surface area contributed by atoms with Crippen LogP contribution in [-0.2, 0) is 4.79 Å². The van der Waals surface area contributed by atoms with E-state index in [1.165, 1.54) is 6.42 Å². The van der Waals surface area contributed by atoms with E-state index in [0.29, 0.717) is 0 Å². The number of hydrogen-bond acceptors (Lipinski definition) is 6. The Morgan fingerprint density at radius 3 is 2.67 bits per heavy atom. The molecule has 132 valence electrons. The van der Waals surface area contributed by atoms with E-state index in [1.54, 1.807) is 0 Å². The third-order valence-corrected chi connectivity index (χ3v) is 4.93. The molecule has 1 N–H and O–H groups in total. The predicted molar refractivity (Wildman–Crippen MR) is 95.4 cm³/mol. The lowest BCUT2D eigenvalue weighted by Gasteiger charge is -2.35. The monoisotopic (exact) mass is 332 g/mol. The molecule has 1 aromatic heterocycles. The maximum absolute atomic E-state index is 11.8. The molecule has 3 rings (SSSR count). The number of hydrogen-bond donors (Lipinski definition) is 1. The highest BCUT2D eigenvalue weighted by Gasteiger charge is 2.25. The van der Waals surface area contributed by atoms with E-state index < -0.39 is 0 Å². The standard InChI is InChI=1S/C17H28N6O/c1-21(2)17-19-7-6-15(20-17)23-12-10-22(11-13-23)9-8-18-16(24)14-4-3-5-14/h6-7,14H,3-5,8-13H2,1-2H3,(H,18,24). The van der Waals surface area contributed by atoms with Gasteiger partial charge in [-0.3, -0.25) is 9.69 Å². The van der Waals surface area contributed by atoms with E-state index in [9.17, 15) is 4.79 Å². The van der Waals surface area contributed by atoms with Crippen molar-refractivity contribution in [1.29, 1.82) is 0 Å². The number of rotatable bonds is 6.